The molecular formula is C20H23NO6S. The second kappa shape index (κ2) is 9.89. The summed E-state index contributed by atoms with van der Waals surface area (Å²) < 4.78 is 10.1. The summed E-state index contributed by atoms with van der Waals surface area (Å²) in [6, 6.07) is 5.64. The van der Waals surface area contributed by atoms with Gasteiger partial charge in [-0.1, -0.05) is 19.9 Å². The van der Waals surface area contributed by atoms with Crippen LogP contribution in [-0.2, 0) is 20.7 Å². The number of phenols is 1. The van der Waals surface area contributed by atoms with E-state index in [4.69, 9.17) is 9.47 Å². The molecule has 2 N–H and O–H groups in total. The third kappa shape index (κ3) is 5.82. The zero-order valence-electron chi connectivity index (χ0n) is 16.0. The highest BCUT2D eigenvalue weighted by Crippen LogP contribution is 2.31. The Morgan fingerprint density at radius 2 is 1.93 bits per heavy atom. The fraction of sp³-hybridized carbons (Fsp3) is 0.350. The number of anilines is 1. The number of benzene rings is 1. The van der Waals surface area contributed by atoms with E-state index in [0.29, 0.717) is 22.9 Å². The van der Waals surface area contributed by atoms with E-state index < -0.39 is 24.5 Å². The summed E-state index contributed by atoms with van der Waals surface area (Å²) in [6.45, 7) is 5.49. The molecule has 0 saturated heterocycles. The van der Waals surface area contributed by atoms with E-state index in [0.717, 1.165) is 5.56 Å². The van der Waals surface area contributed by atoms with E-state index in [1.807, 2.05) is 19.2 Å². The van der Waals surface area contributed by atoms with Crippen molar-refractivity contribution in [2.24, 2.45) is 5.92 Å². The fourth-order valence-corrected chi connectivity index (χ4v) is 3.49. The summed E-state index contributed by atoms with van der Waals surface area (Å²) in [7, 11) is 0. The second-order valence-electron chi connectivity index (χ2n) is 6.46. The predicted octanol–water partition coefficient (Wildman–Crippen LogP) is 3.62. The molecule has 0 bridgehead atoms. The third-order valence-electron chi connectivity index (χ3n) is 3.64. The van der Waals surface area contributed by atoms with Gasteiger partial charge in [-0.05, 0) is 48.4 Å². The van der Waals surface area contributed by atoms with Crippen molar-refractivity contribution in [3.63, 3.8) is 0 Å². The monoisotopic (exact) mass is 405 g/mol. The Labute approximate surface area is 167 Å². The predicted molar refractivity (Wildman–Crippen MR) is 106 cm³/mol. The largest absolute Gasteiger partial charge is 0.508 e. The van der Waals surface area contributed by atoms with Crippen LogP contribution in [0.1, 0.15) is 47.1 Å². The minimum absolute atomic E-state index is 0.0748. The van der Waals surface area contributed by atoms with Crippen LogP contribution >= 0.6 is 11.3 Å². The average Bonchev–Trinajstić information content (AvgIpc) is 3.01. The molecule has 0 spiro atoms. The molecular weight excluding hydrogens is 382 g/mol. The Bertz CT molecular complexity index is 858. The second-order valence-corrected chi connectivity index (χ2v) is 7.34. The van der Waals surface area contributed by atoms with Crippen molar-refractivity contribution in [1.29, 1.82) is 0 Å². The van der Waals surface area contributed by atoms with Crippen molar-refractivity contribution in [1.82, 2.24) is 0 Å². The number of thiophene rings is 1. The first-order valence-corrected chi connectivity index (χ1v) is 9.73. The van der Waals surface area contributed by atoms with Crippen molar-refractivity contribution >= 4 is 34.2 Å². The van der Waals surface area contributed by atoms with Crippen LogP contribution in [0.15, 0.2) is 29.6 Å². The van der Waals surface area contributed by atoms with Gasteiger partial charge in [0.15, 0.2) is 6.61 Å². The molecule has 2 rings (SSSR count). The third-order valence-corrected chi connectivity index (χ3v) is 4.59. The van der Waals surface area contributed by atoms with E-state index in [1.54, 1.807) is 6.92 Å². The maximum atomic E-state index is 12.3. The van der Waals surface area contributed by atoms with Crippen LogP contribution in [0.4, 0.5) is 5.00 Å². The molecule has 8 heteroatoms. The maximum Gasteiger partial charge on any atom is 0.341 e. The molecule has 1 amide bonds. The quantitative estimate of drug-likeness (QED) is 0.651. The van der Waals surface area contributed by atoms with Gasteiger partial charge in [0, 0.05) is 0 Å². The highest BCUT2D eigenvalue weighted by Gasteiger charge is 2.22. The van der Waals surface area contributed by atoms with Crippen molar-refractivity contribution in [3.8, 4) is 5.75 Å². The van der Waals surface area contributed by atoms with Crippen LogP contribution in [0, 0.1) is 5.92 Å². The summed E-state index contributed by atoms with van der Waals surface area (Å²) in [5.41, 5.74) is 1.29. The minimum atomic E-state index is -0.733. The topological polar surface area (TPSA) is 102 Å². The van der Waals surface area contributed by atoms with Gasteiger partial charge in [0.1, 0.15) is 10.8 Å². The van der Waals surface area contributed by atoms with Crippen LogP contribution in [0.25, 0.3) is 0 Å². The number of esters is 2. The molecule has 0 aliphatic carbocycles. The number of hydrogen-bond acceptors (Lipinski definition) is 7. The number of phenolic OH excluding ortho intramolecular Hbond substituents is 1. The summed E-state index contributed by atoms with van der Waals surface area (Å²) in [4.78, 5) is 36.5. The van der Waals surface area contributed by atoms with Crippen LogP contribution in [0.3, 0.4) is 0 Å². The summed E-state index contributed by atoms with van der Waals surface area (Å²) in [6.07, 6.45) is 0.674. The number of carbonyl (C=O) groups excluding carboxylic acids is 3. The number of hydrogen-bond donors (Lipinski definition) is 2. The number of nitrogens with one attached hydrogen (secondary N) is 1. The first-order valence-electron chi connectivity index (χ1n) is 8.85. The van der Waals surface area contributed by atoms with Crippen LogP contribution in [0.2, 0.25) is 0 Å². The van der Waals surface area contributed by atoms with Gasteiger partial charge in [-0.2, -0.15) is 0 Å². The molecule has 1 aromatic heterocycles. The summed E-state index contributed by atoms with van der Waals surface area (Å²) in [5, 5.41) is 14.2. The number of ether oxygens (including phenoxy) is 2. The van der Waals surface area contributed by atoms with Gasteiger partial charge in [-0.25, -0.2) is 9.59 Å². The van der Waals surface area contributed by atoms with E-state index in [1.165, 1.54) is 35.6 Å². The lowest BCUT2D eigenvalue weighted by Crippen LogP contribution is -2.22. The maximum absolute atomic E-state index is 12.3. The number of rotatable bonds is 8. The lowest BCUT2D eigenvalue weighted by Gasteiger charge is -2.10. The Morgan fingerprint density at radius 3 is 2.57 bits per heavy atom. The van der Waals surface area contributed by atoms with Gasteiger partial charge >= 0.3 is 11.9 Å². The van der Waals surface area contributed by atoms with E-state index in [-0.39, 0.29) is 17.9 Å². The molecule has 0 fully saturated rings. The van der Waals surface area contributed by atoms with E-state index in [9.17, 15) is 19.5 Å². The molecule has 7 nitrogen and oxygen atoms in total. The summed E-state index contributed by atoms with van der Waals surface area (Å²) in [5.74, 6) is -1.55. The smallest absolute Gasteiger partial charge is 0.341 e. The first kappa shape index (κ1) is 21.4. The average molecular weight is 405 g/mol. The number of amides is 1. The van der Waals surface area contributed by atoms with E-state index >= 15 is 0 Å². The molecule has 2 aromatic rings. The molecule has 1 aromatic carbocycles. The van der Waals surface area contributed by atoms with Crippen molar-refractivity contribution in [2.75, 3.05) is 18.5 Å². The van der Waals surface area contributed by atoms with Gasteiger partial charge in [-0.3, -0.25) is 4.79 Å². The van der Waals surface area contributed by atoms with Gasteiger partial charge in [-0.15, -0.1) is 11.3 Å². The van der Waals surface area contributed by atoms with E-state index in [2.05, 4.69) is 5.32 Å². The first-order chi connectivity index (χ1) is 13.3. The summed E-state index contributed by atoms with van der Waals surface area (Å²) >= 11 is 1.23. The molecule has 0 atom stereocenters. The minimum Gasteiger partial charge on any atom is -0.508 e. The van der Waals surface area contributed by atoms with Crippen molar-refractivity contribution in [3.05, 3.63) is 46.3 Å². The molecule has 0 unspecified atom stereocenters. The molecule has 0 aliphatic rings. The molecule has 0 radical (unpaired) electrons. The van der Waals surface area contributed by atoms with Crippen LogP contribution in [-0.4, -0.2) is 36.2 Å². The Hall–Kier alpha value is -2.87. The van der Waals surface area contributed by atoms with Crippen LogP contribution < -0.4 is 5.32 Å². The molecule has 1 heterocycles. The highest BCUT2D eigenvalue weighted by atomic mass is 32.1. The zero-order chi connectivity index (χ0) is 20.7. The molecule has 150 valence electrons. The van der Waals surface area contributed by atoms with Crippen LogP contribution in [0.5, 0.6) is 5.75 Å². The fourth-order valence-electron chi connectivity index (χ4n) is 2.51. The molecule has 0 saturated carbocycles. The Kier molecular flexibility index (Phi) is 7.57. The molecule has 28 heavy (non-hydrogen) atoms. The Balaban J connectivity index is 2.05. The highest BCUT2D eigenvalue weighted by molar-refractivity contribution is 7.15. The lowest BCUT2D eigenvalue weighted by molar-refractivity contribution is -0.119. The van der Waals surface area contributed by atoms with Crippen molar-refractivity contribution < 1.29 is 29.0 Å². The van der Waals surface area contributed by atoms with Gasteiger partial charge < -0.3 is 19.9 Å². The normalized spacial score (nSPS) is 10.6. The Morgan fingerprint density at radius 1 is 1.18 bits per heavy atom. The lowest BCUT2D eigenvalue weighted by atomic mass is 10.0. The number of carbonyl (C=O) groups is 3. The van der Waals surface area contributed by atoms with Gasteiger partial charge in [0.25, 0.3) is 5.91 Å². The standard InChI is InChI=1S/C20H23NO6S/c1-4-26-20(25)17-14(8-12(2)3)11-28-18(17)21-16(23)10-27-19(24)13-6-5-7-15(22)9-13/h5-7,9,11-12,22H,4,8,10H2,1-3H3,(H,21,23). The van der Waals surface area contributed by atoms with Crippen molar-refractivity contribution in [2.45, 2.75) is 27.2 Å². The molecule has 0 aliphatic heterocycles. The van der Waals surface area contributed by atoms with Gasteiger partial charge in [0.2, 0.25) is 0 Å². The number of aromatic hydroxyl groups is 1. The SMILES string of the molecule is CCOC(=O)c1c(CC(C)C)csc1NC(=O)COC(=O)c1cccc(O)c1. The van der Waals surface area contributed by atoms with Gasteiger partial charge in [0.05, 0.1) is 17.7 Å². The zero-order valence-corrected chi connectivity index (χ0v) is 16.8.